The van der Waals surface area contributed by atoms with Crippen molar-refractivity contribution in [3.05, 3.63) is 17.7 Å². The van der Waals surface area contributed by atoms with Crippen LogP contribution in [0.5, 0.6) is 5.75 Å². The van der Waals surface area contributed by atoms with E-state index in [1.165, 1.54) is 50.3 Å². The minimum absolute atomic E-state index is 0.651. The Hall–Kier alpha value is -1.46. The third kappa shape index (κ3) is 3.78. The maximum Gasteiger partial charge on any atom is 0.144 e. The first-order valence-electron chi connectivity index (χ1n) is 9.29. The highest BCUT2D eigenvalue weighted by Crippen LogP contribution is 2.33. The smallest absolute Gasteiger partial charge is 0.144 e. The van der Waals surface area contributed by atoms with Gasteiger partial charge in [-0.15, -0.1) is 0 Å². The summed E-state index contributed by atoms with van der Waals surface area (Å²) in [7, 11) is 2.22. The molecule has 24 heavy (non-hydrogen) atoms. The highest BCUT2D eigenvalue weighted by Gasteiger charge is 2.27. The van der Waals surface area contributed by atoms with Crippen molar-refractivity contribution < 1.29 is 4.74 Å². The van der Waals surface area contributed by atoms with Crippen LogP contribution >= 0.6 is 0 Å². The second-order valence-electron chi connectivity index (χ2n) is 7.17. The maximum absolute atomic E-state index is 6.08. The molecule has 0 spiro atoms. The van der Waals surface area contributed by atoms with Gasteiger partial charge in [-0.2, -0.15) is 0 Å². The van der Waals surface area contributed by atoms with E-state index in [-0.39, 0.29) is 0 Å². The SMILES string of the molecule is CCOc1cc(N2CCC(N3CCN(C)CC3)CC2)c(C)cc1N. The maximum atomic E-state index is 6.08. The van der Waals surface area contributed by atoms with Crippen LogP contribution in [0.2, 0.25) is 0 Å². The molecule has 2 aliphatic heterocycles. The van der Waals surface area contributed by atoms with E-state index >= 15 is 0 Å². The number of anilines is 2. The molecule has 0 aromatic heterocycles. The molecule has 0 atom stereocenters. The minimum atomic E-state index is 0.651. The van der Waals surface area contributed by atoms with Gasteiger partial charge in [0.25, 0.3) is 0 Å². The number of rotatable bonds is 4. The third-order valence-corrected chi connectivity index (χ3v) is 5.49. The highest BCUT2D eigenvalue weighted by molar-refractivity contribution is 5.66. The van der Waals surface area contributed by atoms with Crippen LogP contribution < -0.4 is 15.4 Å². The molecule has 0 bridgehead atoms. The molecule has 134 valence electrons. The van der Waals surface area contributed by atoms with Crippen molar-refractivity contribution >= 4 is 11.4 Å². The first-order chi connectivity index (χ1) is 11.6. The van der Waals surface area contributed by atoms with Crippen molar-refractivity contribution in [1.29, 1.82) is 0 Å². The molecule has 2 N–H and O–H groups in total. The number of nitrogens with zero attached hydrogens (tertiary/aromatic N) is 3. The number of hydrogen-bond acceptors (Lipinski definition) is 5. The average Bonchev–Trinajstić information content (AvgIpc) is 2.58. The molecule has 0 saturated carbocycles. The van der Waals surface area contributed by atoms with E-state index in [1.807, 2.05) is 13.0 Å². The molecule has 2 heterocycles. The second kappa shape index (κ2) is 7.62. The van der Waals surface area contributed by atoms with E-state index in [4.69, 9.17) is 10.5 Å². The van der Waals surface area contributed by atoms with Crippen molar-refractivity contribution in [2.45, 2.75) is 32.7 Å². The van der Waals surface area contributed by atoms with Crippen LogP contribution in [0.25, 0.3) is 0 Å². The lowest BCUT2D eigenvalue weighted by molar-refractivity contribution is 0.0982. The summed E-state index contributed by atoms with van der Waals surface area (Å²) in [6.07, 6.45) is 2.50. The second-order valence-corrected chi connectivity index (χ2v) is 7.17. The Morgan fingerprint density at radius 1 is 1.08 bits per heavy atom. The van der Waals surface area contributed by atoms with Crippen LogP contribution in [0.1, 0.15) is 25.3 Å². The molecule has 0 unspecified atom stereocenters. The summed E-state index contributed by atoms with van der Waals surface area (Å²) in [6.45, 7) is 11.9. The van der Waals surface area contributed by atoms with Crippen molar-refractivity contribution in [3.8, 4) is 5.75 Å². The van der Waals surface area contributed by atoms with Gasteiger partial charge in [-0.3, -0.25) is 4.90 Å². The summed E-state index contributed by atoms with van der Waals surface area (Å²) < 4.78 is 5.68. The van der Waals surface area contributed by atoms with Gasteiger partial charge in [0.2, 0.25) is 0 Å². The third-order valence-electron chi connectivity index (χ3n) is 5.49. The zero-order chi connectivity index (χ0) is 17.1. The van der Waals surface area contributed by atoms with Gasteiger partial charge in [-0.1, -0.05) is 0 Å². The van der Waals surface area contributed by atoms with E-state index in [2.05, 4.69) is 34.7 Å². The molecule has 2 fully saturated rings. The standard InChI is InChI=1S/C19H32N4O/c1-4-24-19-14-18(15(2)13-17(19)20)23-7-5-16(6-8-23)22-11-9-21(3)10-12-22/h13-14,16H,4-12,20H2,1-3H3. The molecular formula is C19H32N4O. The lowest BCUT2D eigenvalue weighted by Crippen LogP contribution is -2.52. The molecule has 5 nitrogen and oxygen atoms in total. The summed E-state index contributed by atoms with van der Waals surface area (Å²) in [5.74, 6) is 0.819. The van der Waals surface area contributed by atoms with Gasteiger partial charge in [0, 0.05) is 57.1 Å². The molecule has 2 aliphatic rings. The monoisotopic (exact) mass is 332 g/mol. The van der Waals surface area contributed by atoms with Gasteiger partial charge in [-0.25, -0.2) is 0 Å². The molecule has 1 aromatic rings. The van der Waals surface area contributed by atoms with Crippen LogP contribution in [0, 0.1) is 6.92 Å². The van der Waals surface area contributed by atoms with Crippen molar-refractivity contribution in [3.63, 3.8) is 0 Å². The summed E-state index contributed by atoms with van der Waals surface area (Å²) in [6, 6.07) is 4.92. The minimum Gasteiger partial charge on any atom is -0.492 e. The van der Waals surface area contributed by atoms with Gasteiger partial charge in [0.15, 0.2) is 0 Å². The van der Waals surface area contributed by atoms with Crippen molar-refractivity contribution in [1.82, 2.24) is 9.80 Å². The zero-order valence-electron chi connectivity index (χ0n) is 15.4. The molecule has 5 heteroatoms. The van der Waals surface area contributed by atoms with Crippen LogP contribution in [0.4, 0.5) is 11.4 Å². The molecule has 2 saturated heterocycles. The summed E-state index contributed by atoms with van der Waals surface area (Å²) in [4.78, 5) is 7.63. The Bertz CT molecular complexity index is 547. The van der Waals surface area contributed by atoms with Crippen molar-refractivity contribution in [2.75, 3.05) is 63.6 Å². The molecule has 1 aromatic carbocycles. The number of piperazine rings is 1. The molecule has 0 radical (unpaired) electrons. The largest absolute Gasteiger partial charge is 0.492 e. The predicted molar refractivity (Wildman–Crippen MR) is 101 cm³/mol. The number of nitrogen functional groups attached to an aromatic ring is 1. The Balaban J connectivity index is 1.63. The molecular weight excluding hydrogens is 300 g/mol. The Labute approximate surface area is 146 Å². The van der Waals surface area contributed by atoms with Crippen LogP contribution in [0.3, 0.4) is 0 Å². The first-order valence-corrected chi connectivity index (χ1v) is 9.29. The molecule has 0 amide bonds. The molecule has 0 aliphatic carbocycles. The summed E-state index contributed by atoms with van der Waals surface area (Å²) in [5, 5.41) is 0. The van der Waals surface area contributed by atoms with Gasteiger partial charge >= 0.3 is 0 Å². The lowest BCUT2D eigenvalue weighted by Gasteiger charge is -2.43. The Morgan fingerprint density at radius 3 is 2.38 bits per heavy atom. The number of benzene rings is 1. The van der Waals surface area contributed by atoms with E-state index < -0.39 is 0 Å². The number of aryl methyl sites for hydroxylation is 1. The summed E-state index contributed by atoms with van der Waals surface area (Å²) in [5.41, 5.74) is 9.35. The normalized spacial score (nSPS) is 21.2. The Kier molecular flexibility index (Phi) is 5.51. The van der Waals surface area contributed by atoms with Crippen LogP contribution in [-0.2, 0) is 0 Å². The zero-order valence-corrected chi connectivity index (χ0v) is 15.4. The van der Waals surface area contributed by atoms with Crippen LogP contribution in [0.15, 0.2) is 12.1 Å². The van der Waals surface area contributed by atoms with E-state index in [1.54, 1.807) is 0 Å². The van der Waals surface area contributed by atoms with Crippen LogP contribution in [-0.4, -0.2) is 68.8 Å². The van der Waals surface area contributed by atoms with Gasteiger partial charge in [0.1, 0.15) is 5.75 Å². The van der Waals surface area contributed by atoms with Crippen molar-refractivity contribution in [2.24, 2.45) is 0 Å². The highest BCUT2D eigenvalue weighted by atomic mass is 16.5. The van der Waals surface area contributed by atoms with Gasteiger partial charge < -0.3 is 20.3 Å². The lowest BCUT2D eigenvalue weighted by atomic mass is 10.0. The number of nitrogens with two attached hydrogens (primary N) is 1. The van der Waals surface area contributed by atoms with E-state index in [9.17, 15) is 0 Å². The quantitative estimate of drug-likeness (QED) is 0.857. The number of piperidine rings is 1. The summed E-state index contributed by atoms with van der Waals surface area (Å²) >= 11 is 0. The average molecular weight is 332 g/mol. The number of ether oxygens (including phenoxy) is 1. The molecule has 3 rings (SSSR count). The topological polar surface area (TPSA) is 45.0 Å². The van der Waals surface area contributed by atoms with Gasteiger partial charge in [-0.05, 0) is 45.4 Å². The fourth-order valence-electron chi connectivity index (χ4n) is 3.98. The predicted octanol–water partition coefficient (Wildman–Crippen LogP) is 2.19. The van der Waals surface area contributed by atoms with Gasteiger partial charge in [0.05, 0.1) is 12.3 Å². The number of hydrogen-bond donors (Lipinski definition) is 1. The fourth-order valence-corrected chi connectivity index (χ4v) is 3.98. The Morgan fingerprint density at radius 2 is 1.75 bits per heavy atom. The number of likely N-dealkylation sites (N-methyl/N-ethyl adjacent to an activating group) is 1. The van der Waals surface area contributed by atoms with E-state index in [0.29, 0.717) is 6.61 Å². The van der Waals surface area contributed by atoms with E-state index in [0.717, 1.165) is 30.6 Å². The first kappa shape index (κ1) is 17.4. The fraction of sp³-hybridized carbons (Fsp3) is 0.684.